The fraction of sp³-hybridized carbons (Fsp3) is 0.250. The van der Waals surface area contributed by atoms with Gasteiger partial charge in [0.15, 0.2) is 0 Å². The lowest BCUT2D eigenvalue weighted by atomic mass is 10.2. The molecule has 0 aliphatic rings. The van der Waals surface area contributed by atoms with Crippen molar-refractivity contribution in [2.45, 2.75) is 19.3 Å². The van der Waals surface area contributed by atoms with Gasteiger partial charge in [-0.1, -0.05) is 18.2 Å². The van der Waals surface area contributed by atoms with E-state index in [1.165, 1.54) is 0 Å². The number of imidazole rings is 1. The topological polar surface area (TPSA) is 77.6 Å². The van der Waals surface area contributed by atoms with E-state index >= 15 is 0 Å². The first kappa shape index (κ1) is 24.3. The Bertz CT molecular complexity index is 1220. The second-order valence-corrected chi connectivity index (χ2v) is 8.11. The molecule has 3 aromatic carbocycles. The molecule has 0 saturated carbocycles. The van der Waals surface area contributed by atoms with E-state index in [1.54, 1.807) is 21.5 Å². The summed E-state index contributed by atoms with van der Waals surface area (Å²) in [5.41, 5.74) is 1.38. The van der Waals surface area contributed by atoms with Crippen molar-refractivity contribution in [3.05, 3.63) is 102 Å². The highest BCUT2D eigenvalue weighted by Crippen LogP contribution is 2.22. The van der Waals surface area contributed by atoms with Gasteiger partial charge in [-0.15, -0.1) is 0 Å². The highest BCUT2D eigenvalue weighted by atomic mass is 16.5. The van der Waals surface area contributed by atoms with Gasteiger partial charge in [-0.3, -0.25) is 9.13 Å². The summed E-state index contributed by atoms with van der Waals surface area (Å²) in [6.45, 7) is 2.51. The number of aliphatic hydroxyl groups is 1. The molecule has 0 saturated heterocycles. The molecule has 182 valence electrons. The van der Waals surface area contributed by atoms with Gasteiger partial charge >= 0.3 is 5.69 Å². The molecule has 7 heteroatoms. The Balaban J connectivity index is 1.32. The minimum Gasteiger partial charge on any atom is -0.492 e. The molecule has 4 aromatic rings. The summed E-state index contributed by atoms with van der Waals surface area (Å²) in [4.78, 5) is 13.0. The van der Waals surface area contributed by atoms with Crippen LogP contribution in [0.2, 0.25) is 0 Å². The van der Waals surface area contributed by atoms with Gasteiger partial charge in [0, 0.05) is 25.5 Å². The number of para-hydroxylation sites is 1. The smallest absolute Gasteiger partial charge is 0.337 e. The maximum absolute atomic E-state index is 13.0. The van der Waals surface area contributed by atoms with Gasteiger partial charge in [0.25, 0.3) is 0 Å². The van der Waals surface area contributed by atoms with Crippen LogP contribution < -0.4 is 20.5 Å². The third kappa shape index (κ3) is 6.85. The maximum atomic E-state index is 13.0. The first-order valence-electron chi connectivity index (χ1n) is 11.9. The van der Waals surface area contributed by atoms with Crippen LogP contribution in [0.4, 0.5) is 0 Å². The highest BCUT2D eigenvalue weighted by Gasteiger charge is 2.08. The zero-order valence-corrected chi connectivity index (χ0v) is 19.7. The summed E-state index contributed by atoms with van der Waals surface area (Å²) < 4.78 is 14.8. The maximum Gasteiger partial charge on any atom is 0.337 e. The van der Waals surface area contributed by atoms with Crippen LogP contribution in [-0.4, -0.2) is 40.5 Å². The molecule has 1 heterocycles. The first-order valence-corrected chi connectivity index (χ1v) is 11.9. The number of rotatable bonds is 13. The molecule has 2 N–H and O–H groups in total. The zero-order chi connectivity index (χ0) is 24.3. The van der Waals surface area contributed by atoms with Gasteiger partial charge in [0.2, 0.25) is 0 Å². The normalized spacial score (nSPS) is 10.9. The van der Waals surface area contributed by atoms with Crippen LogP contribution in [0.3, 0.4) is 0 Å². The van der Waals surface area contributed by atoms with Crippen LogP contribution in [0, 0.1) is 0 Å². The molecule has 0 aliphatic heterocycles. The third-order valence-electron chi connectivity index (χ3n) is 5.54. The van der Waals surface area contributed by atoms with E-state index in [4.69, 9.17) is 14.6 Å². The molecule has 35 heavy (non-hydrogen) atoms. The lowest BCUT2D eigenvalue weighted by molar-refractivity contribution is 0.281. The number of benzene rings is 3. The molecule has 7 nitrogen and oxygen atoms in total. The minimum atomic E-state index is -0.152. The number of hydrogen-bond acceptors (Lipinski definition) is 5. The van der Waals surface area contributed by atoms with Crippen LogP contribution in [0.1, 0.15) is 19.3 Å². The Morgan fingerprint density at radius 3 is 1.91 bits per heavy atom. The van der Waals surface area contributed by atoms with E-state index in [-0.39, 0.29) is 12.3 Å². The second-order valence-electron chi connectivity index (χ2n) is 8.11. The number of unbranched alkanes of at least 4 members (excludes halogenated alkanes) is 2. The molecule has 0 aliphatic carbocycles. The predicted molar refractivity (Wildman–Crippen MR) is 137 cm³/mol. The Labute approximate surface area is 205 Å². The monoisotopic (exact) mass is 473 g/mol. The van der Waals surface area contributed by atoms with Crippen molar-refractivity contribution in [1.29, 1.82) is 0 Å². The highest BCUT2D eigenvalue weighted by molar-refractivity contribution is 5.41. The molecule has 0 spiro atoms. The van der Waals surface area contributed by atoms with Crippen LogP contribution >= 0.6 is 0 Å². The average Bonchev–Trinajstić information content (AvgIpc) is 3.28. The molecule has 0 radical (unpaired) electrons. The first-order chi connectivity index (χ1) is 17.2. The van der Waals surface area contributed by atoms with Gasteiger partial charge in [-0.2, -0.15) is 0 Å². The SMILES string of the molecule is O=c1n(-c2ccc(OCCNCCCCCO)cc2)ccn1-c1ccc(Oc2ccccc2)cc1. The number of hydrogen-bond donors (Lipinski definition) is 2. The largest absolute Gasteiger partial charge is 0.492 e. The molecule has 0 amide bonds. The van der Waals surface area contributed by atoms with Crippen molar-refractivity contribution in [2.24, 2.45) is 0 Å². The molecular formula is C28H31N3O4. The quantitative estimate of drug-likeness (QED) is 0.279. The lowest BCUT2D eigenvalue weighted by Crippen LogP contribution is -2.22. The van der Waals surface area contributed by atoms with E-state index < -0.39 is 0 Å². The number of nitrogens with zero attached hydrogens (tertiary/aromatic N) is 2. The Hall–Kier alpha value is -3.81. The third-order valence-corrected chi connectivity index (χ3v) is 5.54. The van der Waals surface area contributed by atoms with Crippen LogP contribution in [0.15, 0.2) is 96.1 Å². The molecule has 0 bridgehead atoms. The van der Waals surface area contributed by atoms with Gasteiger partial charge in [0.1, 0.15) is 23.9 Å². The predicted octanol–water partition coefficient (Wildman–Crippen LogP) is 4.55. The second kappa shape index (κ2) is 12.6. The van der Waals surface area contributed by atoms with E-state index in [1.807, 2.05) is 78.9 Å². The van der Waals surface area contributed by atoms with Gasteiger partial charge in [-0.25, -0.2) is 4.79 Å². The summed E-state index contributed by atoms with van der Waals surface area (Å²) in [5, 5.41) is 12.1. The van der Waals surface area contributed by atoms with Crippen molar-refractivity contribution in [3.63, 3.8) is 0 Å². The number of nitrogens with one attached hydrogen (secondary N) is 1. The summed E-state index contributed by atoms with van der Waals surface area (Å²) in [5.74, 6) is 2.23. The standard InChI is InChI=1S/C28H31N3O4/c32-21-6-2-5-17-29-18-22-34-25-13-9-23(10-14-25)30-19-20-31(28(30)33)24-11-15-27(16-12-24)35-26-7-3-1-4-8-26/h1,3-4,7-16,19-20,29,32H,2,5-6,17-18,21-22H2. The Morgan fingerprint density at radius 1 is 0.686 bits per heavy atom. The van der Waals surface area contributed by atoms with Crippen molar-refractivity contribution < 1.29 is 14.6 Å². The van der Waals surface area contributed by atoms with Crippen molar-refractivity contribution in [1.82, 2.24) is 14.5 Å². The summed E-state index contributed by atoms with van der Waals surface area (Å²) in [7, 11) is 0. The molecule has 0 fully saturated rings. The van der Waals surface area contributed by atoms with Gasteiger partial charge < -0.3 is 19.9 Å². The lowest BCUT2D eigenvalue weighted by Gasteiger charge is -2.09. The Morgan fingerprint density at radius 2 is 1.29 bits per heavy atom. The van der Waals surface area contributed by atoms with Gasteiger partial charge in [0.05, 0.1) is 11.4 Å². The fourth-order valence-corrected chi connectivity index (χ4v) is 3.68. The molecule has 0 atom stereocenters. The summed E-state index contributed by atoms with van der Waals surface area (Å²) in [6, 6.07) is 24.5. The van der Waals surface area contributed by atoms with Crippen molar-refractivity contribution in [3.8, 4) is 28.6 Å². The van der Waals surface area contributed by atoms with Crippen LogP contribution in [0.25, 0.3) is 11.4 Å². The summed E-state index contributed by atoms with van der Waals surface area (Å²) in [6.07, 6.45) is 6.45. The number of ether oxygens (including phenoxy) is 2. The summed E-state index contributed by atoms with van der Waals surface area (Å²) >= 11 is 0. The van der Waals surface area contributed by atoms with Crippen molar-refractivity contribution >= 4 is 0 Å². The minimum absolute atomic E-state index is 0.152. The van der Waals surface area contributed by atoms with E-state index in [2.05, 4.69) is 5.32 Å². The molecular weight excluding hydrogens is 442 g/mol. The van der Waals surface area contributed by atoms with Crippen LogP contribution in [0.5, 0.6) is 17.2 Å². The molecule has 4 rings (SSSR count). The van der Waals surface area contributed by atoms with E-state index in [9.17, 15) is 4.79 Å². The van der Waals surface area contributed by atoms with Gasteiger partial charge in [-0.05, 0) is 86.5 Å². The Kier molecular flexibility index (Phi) is 8.75. The van der Waals surface area contributed by atoms with Crippen molar-refractivity contribution in [2.75, 3.05) is 26.3 Å². The number of aromatic nitrogens is 2. The zero-order valence-electron chi connectivity index (χ0n) is 19.7. The fourth-order valence-electron chi connectivity index (χ4n) is 3.68. The number of aliphatic hydroxyl groups excluding tert-OH is 1. The van der Waals surface area contributed by atoms with E-state index in [0.717, 1.165) is 55.2 Å². The average molecular weight is 474 g/mol. The van der Waals surface area contributed by atoms with Crippen LogP contribution in [-0.2, 0) is 0 Å². The molecule has 1 aromatic heterocycles. The molecule has 0 unspecified atom stereocenters. The van der Waals surface area contributed by atoms with E-state index in [0.29, 0.717) is 12.4 Å².